The molecule has 2 heterocycles. The summed E-state index contributed by atoms with van der Waals surface area (Å²) in [5, 5.41) is 9.53. The van der Waals surface area contributed by atoms with Gasteiger partial charge in [0.15, 0.2) is 0 Å². The van der Waals surface area contributed by atoms with Crippen molar-refractivity contribution in [3.05, 3.63) is 93.2 Å². The fraction of sp³-hybridized carbons (Fsp3) is 0.208. The van der Waals surface area contributed by atoms with Crippen molar-refractivity contribution in [2.75, 3.05) is 6.26 Å². The van der Waals surface area contributed by atoms with Gasteiger partial charge in [0.1, 0.15) is 5.82 Å². The maximum absolute atomic E-state index is 13.6. The lowest BCUT2D eigenvalue weighted by Gasteiger charge is -2.15. The fourth-order valence-corrected chi connectivity index (χ4v) is 4.39. The number of thioether (sulfide) groups is 1. The molecular formula is C24H21FN2O3S. The number of aliphatic carboxylic acids is 1. The van der Waals surface area contributed by atoms with Gasteiger partial charge in [0, 0.05) is 41.8 Å². The van der Waals surface area contributed by atoms with Crippen LogP contribution >= 0.6 is 11.8 Å². The number of aliphatic imine (C=N–C) groups is 1. The summed E-state index contributed by atoms with van der Waals surface area (Å²) in [7, 11) is 1.67. The monoisotopic (exact) mass is 436 g/mol. The molecule has 31 heavy (non-hydrogen) atoms. The lowest BCUT2D eigenvalue weighted by molar-refractivity contribution is -0.137. The molecule has 1 aliphatic rings. The Balaban J connectivity index is 2.05. The number of fused-ring (bicyclic) bond motifs is 3. The van der Waals surface area contributed by atoms with E-state index in [1.54, 1.807) is 37.1 Å². The number of aromatic nitrogens is 1. The predicted molar refractivity (Wildman–Crippen MR) is 121 cm³/mol. The number of aryl methyl sites for hydroxylation is 1. The molecule has 0 bridgehead atoms. The number of halogens is 1. The molecule has 158 valence electrons. The molecule has 0 saturated carbocycles. The van der Waals surface area contributed by atoms with Gasteiger partial charge in [-0.2, -0.15) is 11.8 Å². The largest absolute Gasteiger partial charge is 0.481 e. The van der Waals surface area contributed by atoms with Gasteiger partial charge in [-0.05, 0) is 53.3 Å². The van der Waals surface area contributed by atoms with Crippen molar-refractivity contribution >= 4 is 23.4 Å². The molecule has 0 saturated heterocycles. The van der Waals surface area contributed by atoms with E-state index in [1.807, 2.05) is 18.4 Å². The number of carboxylic acid groups (broad SMARTS) is 1. The Morgan fingerprint density at radius 1 is 1.13 bits per heavy atom. The van der Waals surface area contributed by atoms with Crippen LogP contribution in [0.25, 0.3) is 11.1 Å². The Bertz CT molecular complexity index is 1250. The molecule has 0 amide bonds. The summed E-state index contributed by atoms with van der Waals surface area (Å²) in [5.41, 5.74) is 5.24. The van der Waals surface area contributed by atoms with Gasteiger partial charge >= 0.3 is 5.97 Å². The number of carboxylic acids is 1. The molecule has 1 atom stereocenters. The Kier molecular flexibility index (Phi) is 5.78. The van der Waals surface area contributed by atoms with E-state index in [1.165, 1.54) is 22.8 Å². The van der Waals surface area contributed by atoms with Crippen LogP contribution in [0.3, 0.4) is 0 Å². The Hall–Kier alpha value is -3.19. The molecule has 1 aromatic heterocycles. The summed E-state index contributed by atoms with van der Waals surface area (Å²) in [6.07, 6.45) is 3.52. The van der Waals surface area contributed by atoms with Crippen LogP contribution in [0.5, 0.6) is 0 Å². The summed E-state index contributed by atoms with van der Waals surface area (Å²) >= 11 is 1.70. The number of rotatable bonds is 5. The highest BCUT2D eigenvalue weighted by molar-refractivity contribution is 7.97. The molecule has 4 rings (SSSR count). The Labute approximate surface area is 183 Å². The Morgan fingerprint density at radius 2 is 1.87 bits per heavy atom. The molecule has 5 nitrogen and oxygen atoms in total. The van der Waals surface area contributed by atoms with E-state index in [9.17, 15) is 19.1 Å². The number of hydrogen-bond donors (Lipinski definition) is 1. The highest BCUT2D eigenvalue weighted by Crippen LogP contribution is 2.39. The van der Waals surface area contributed by atoms with Crippen molar-refractivity contribution in [2.45, 2.75) is 18.2 Å². The van der Waals surface area contributed by atoms with Crippen molar-refractivity contribution in [3.63, 3.8) is 0 Å². The minimum atomic E-state index is -1.01. The number of carbonyl (C=O) groups is 1. The van der Waals surface area contributed by atoms with Gasteiger partial charge in [-0.15, -0.1) is 0 Å². The zero-order valence-corrected chi connectivity index (χ0v) is 17.9. The molecule has 3 aromatic rings. The van der Waals surface area contributed by atoms with Crippen molar-refractivity contribution in [1.29, 1.82) is 0 Å². The van der Waals surface area contributed by atoms with E-state index >= 15 is 0 Å². The van der Waals surface area contributed by atoms with Crippen LogP contribution in [0, 0.1) is 5.82 Å². The van der Waals surface area contributed by atoms with Crippen molar-refractivity contribution in [3.8, 4) is 11.1 Å². The smallest absolute Gasteiger partial charge is 0.305 e. The van der Waals surface area contributed by atoms with Crippen LogP contribution < -0.4 is 5.56 Å². The lowest BCUT2D eigenvalue weighted by Crippen LogP contribution is -2.18. The third-order valence-electron chi connectivity index (χ3n) is 5.33. The zero-order valence-electron chi connectivity index (χ0n) is 17.1. The van der Waals surface area contributed by atoms with E-state index in [-0.39, 0.29) is 17.8 Å². The lowest BCUT2D eigenvalue weighted by atomic mass is 9.90. The molecule has 0 unspecified atom stereocenters. The van der Waals surface area contributed by atoms with E-state index in [4.69, 9.17) is 4.99 Å². The van der Waals surface area contributed by atoms with Crippen LogP contribution in [0.2, 0.25) is 0 Å². The first-order valence-electron chi connectivity index (χ1n) is 9.76. The number of hydrogen-bond acceptors (Lipinski definition) is 4. The number of nitrogens with zero attached hydrogens (tertiary/aromatic N) is 2. The van der Waals surface area contributed by atoms with Crippen LogP contribution in [0.4, 0.5) is 4.39 Å². The highest BCUT2D eigenvalue weighted by Gasteiger charge is 2.27. The second-order valence-corrected chi connectivity index (χ2v) is 8.37. The quantitative estimate of drug-likeness (QED) is 0.643. The summed E-state index contributed by atoms with van der Waals surface area (Å²) in [6, 6.07) is 12.8. The molecule has 0 aliphatic carbocycles. The Morgan fingerprint density at radius 3 is 2.55 bits per heavy atom. The minimum Gasteiger partial charge on any atom is -0.481 e. The van der Waals surface area contributed by atoms with Crippen LogP contribution in [-0.2, 0) is 17.6 Å². The molecule has 2 aromatic carbocycles. The van der Waals surface area contributed by atoms with Crippen molar-refractivity contribution in [2.24, 2.45) is 12.0 Å². The van der Waals surface area contributed by atoms with Crippen LogP contribution in [0.1, 0.15) is 34.7 Å². The standard InChI is InChI=1S/C24H21FN2O3S/c1-27-12-20-18-9-14(13-31-2)3-8-17(18)24(15-4-6-16(25)7-5-15)26-21(11-23(29)30)19(20)10-22(27)28/h3-10,12,21H,11,13H2,1-2H3,(H,29,30)/t21-/m0/s1. The third-order valence-corrected chi connectivity index (χ3v) is 5.95. The van der Waals surface area contributed by atoms with Gasteiger partial charge in [0.2, 0.25) is 0 Å². The van der Waals surface area contributed by atoms with Crippen LogP contribution in [-0.4, -0.2) is 27.6 Å². The summed E-state index contributed by atoms with van der Waals surface area (Å²) < 4.78 is 15.1. The minimum absolute atomic E-state index is 0.226. The molecule has 1 aliphatic heterocycles. The molecule has 1 N–H and O–H groups in total. The summed E-state index contributed by atoms with van der Waals surface area (Å²) in [4.78, 5) is 28.9. The van der Waals surface area contributed by atoms with E-state index in [0.717, 1.165) is 28.0 Å². The number of benzene rings is 2. The van der Waals surface area contributed by atoms with Gasteiger partial charge in [0.05, 0.1) is 18.2 Å². The molecule has 0 fully saturated rings. The van der Waals surface area contributed by atoms with E-state index < -0.39 is 12.0 Å². The third kappa shape index (κ3) is 4.18. The first kappa shape index (κ1) is 21.1. The van der Waals surface area contributed by atoms with Gasteiger partial charge in [-0.3, -0.25) is 14.6 Å². The van der Waals surface area contributed by atoms with Crippen LogP contribution in [0.15, 0.2) is 64.5 Å². The fourth-order valence-electron chi connectivity index (χ4n) is 3.88. The maximum atomic E-state index is 13.6. The second-order valence-electron chi connectivity index (χ2n) is 7.50. The number of pyridine rings is 1. The molecule has 0 radical (unpaired) electrons. The van der Waals surface area contributed by atoms with E-state index in [2.05, 4.69) is 6.07 Å². The first-order valence-corrected chi connectivity index (χ1v) is 11.2. The van der Waals surface area contributed by atoms with Gasteiger partial charge in [-0.1, -0.05) is 12.1 Å². The van der Waals surface area contributed by atoms with Gasteiger partial charge in [-0.25, -0.2) is 4.39 Å². The second kappa shape index (κ2) is 8.51. The predicted octanol–water partition coefficient (Wildman–Crippen LogP) is 4.42. The first-order chi connectivity index (χ1) is 14.9. The molecule has 7 heteroatoms. The van der Waals surface area contributed by atoms with Crippen molar-refractivity contribution < 1.29 is 14.3 Å². The van der Waals surface area contributed by atoms with Gasteiger partial charge in [0.25, 0.3) is 5.56 Å². The van der Waals surface area contributed by atoms with Crippen molar-refractivity contribution in [1.82, 2.24) is 4.57 Å². The summed E-state index contributed by atoms with van der Waals surface area (Å²) in [6.45, 7) is 0. The molecule has 0 spiro atoms. The average molecular weight is 437 g/mol. The maximum Gasteiger partial charge on any atom is 0.305 e. The van der Waals surface area contributed by atoms with E-state index in [0.29, 0.717) is 16.8 Å². The normalized spacial score (nSPS) is 14.9. The zero-order chi connectivity index (χ0) is 22.1. The summed E-state index contributed by atoms with van der Waals surface area (Å²) in [5.74, 6) is -0.551. The molecular weight excluding hydrogens is 415 g/mol. The average Bonchev–Trinajstić information content (AvgIpc) is 2.85. The topological polar surface area (TPSA) is 71.7 Å². The van der Waals surface area contributed by atoms with Gasteiger partial charge < -0.3 is 9.67 Å². The highest BCUT2D eigenvalue weighted by atomic mass is 32.2. The SMILES string of the molecule is CSCc1ccc2c(c1)-c1cn(C)c(=O)cc1[C@H](CC(=O)O)N=C2c1ccc(F)cc1.